The third kappa shape index (κ3) is 2.78. The first kappa shape index (κ1) is 16.2. The maximum Gasteiger partial charge on any atom is 0.261 e. The highest BCUT2D eigenvalue weighted by atomic mass is 32.1. The first-order valence-electron chi connectivity index (χ1n) is 7.84. The zero-order valence-electron chi connectivity index (χ0n) is 13.7. The molecule has 4 rings (SSSR count). The van der Waals surface area contributed by atoms with Gasteiger partial charge < -0.3 is 4.42 Å². The van der Waals surface area contributed by atoms with Crippen LogP contribution in [0.4, 0.5) is 5.13 Å². The lowest BCUT2D eigenvalue weighted by Crippen LogP contribution is -2.14. The summed E-state index contributed by atoms with van der Waals surface area (Å²) in [4.78, 5) is 25.4. The highest BCUT2D eigenvalue weighted by Crippen LogP contribution is 2.27. The summed E-state index contributed by atoms with van der Waals surface area (Å²) < 4.78 is 6.04. The molecule has 0 unspecified atom stereocenters. The van der Waals surface area contributed by atoms with E-state index < -0.39 is 5.91 Å². The zero-order chi connectivity index (χ0) is 18.1. The lowest BCUT2D eigenvalue weighted by atomic mass is 10.0. The Bertz CT molecular complexity index is 1150. The highest BCUT2D eigenvalue weighted by Gasteiger charge is 2.18. The van der Waals surface area contributed by atoms with Gasteiger partial charge in [-0.2, -0.15) is 0 Å². The number of para-hydroxylation sites is 1. The Morgan fingerprint density at radius 3 is 2.65 bits per heavy atom. The Balaban J connectivity index is 1.91. The molecule has 0 atom stereocenters. The minimum absolute atomic E-state index is 0.157. The molecule has 0 saturated carbocycles. The summed E-state index contributed by atoms with van der Waals surface area (Å²) >= 11 is 1.21. The van der Waals surface area contributed by atoms with Crippen LogP contribution in [0.15, 0.2) is 63.3 Å². The van der Waals surface area contributed by atoms with E-state index in [1.165, 1.54) is 16.8 Å². The second kappa shape index (κ2) is 6.53. The standard InChI is InChI=1S/C19H13N3O3S/c1-11-15(23)13-8-5-9-14(18(24)21-19-22-20-10-26-19)17(13)25-16(11)12-6-3-2-4-7-12/h2-10H,1H3,(H,21,22,24). The van der Waals surface area contributed by atoms with E-state index in [1.807, 2.05) is 30.3 Å². The van der Waals surface area contributed by atoms with Crippen LogP contribution in [0.1, 0.15) is 15.9 Å². The Labute approximate surface area is 152 Å². The van der Waals surface area contributed by atoms with Crippen molar-refractivity contribution >= 4 is 33.3 Å². The molecule has 7 heteroatoms. The predicted molar refractivity (Wildman–Crippen MR) is 101 cm³/mol. The van der Waals surface area contributed by atoms with E-state index in [9.17, 15) is 9.59 Å². The molecule has 6 nitrogen and oxygen atoms in total. The lowest BCUT2D eigenvalue weighted by Gasteiger charge is -2.10. The van der Waals surface area contributed by atoms with Crippen LogP contribution in [0.5, 0.6) is 0 Å². The van der Waals surface area contributed by atoms with Crippen LogP contribution in [0, 0.1) is 6.92 Å². The fourth-order valence-electron chi connectivity index (χ4n) is 2.75. The molecule has 0 saturated heterocycles. The van der Waals surface area contributed by atoms with Crippen LogP contribution >= 0.6 is 11.3 Å². The second-order valence-corrected chi connectivity index (χ2v) is 6.46. The minimum Gasteiger partial charge on any atom is -0.455 e. The minimum atomic E-state index is -0.404. The van der Waals surface area contributed by atoms with E-state index in [0.29, 0.717) is 21.8 Å². The van der Waals surface area contributed by atoms with Crippen LogP contribution in [0.2, 0.25) is 0 Å². The van der Waals surface area contributed by atoms with Gasteiger partial charge in [-0.05, 0) is 19.1 Å². The number of anilines is 1. The summed E-state index contributed by atoms with van der Waals surface area (Å²) in [6, 6.07) is 14.3. The third-order valence-corrected chi connectivity index (χ3v) is 4.61. The van der Waals surface area contributed by atoms with Gasteiger partial charge in [-0.15, -0.1) is 10.2 Å². The number of carbonyl (C=O) groups is 1. The van der Waals surface area contributed by atoms with Gasteiger partial charge >= 0.3 is 0 Å². The number of carbonyl (C=O) groups excluding carboxylic acids is 1. The molecule has 1 amide bonds. The lowest BCUT2D eigenvalue weighted by molar-refractivity contribution is 0.102. The van der Waals surface area contributed by atoms with E-state index in [0.717, 1.165) is 5.56 Å². The second-order valence-electron chi connectivity index (χ2n) is 5.63. The Hall–Kier alpha value is -3.32. The predicted octanol–water partition coefficient (Wildman–Crippen LogP) is 3.87. The number of nitrogens with one attached hydrogen (secondary N) is 1. The third-order valence-electron chi connectivity index (χ3n) is 4.01. The molecule has 2 aromatic heterocycles. The van der Waals surface area contributed by atoms with E-state index in [1.54, 1.807) is 25.1 Å². The average Bonchev–Trinajstić information content (AvgIpc) is 3.18. The van der Waals surface area contributed by atoms with E-state index in [4.69, 9.17) is 4.42 Å². The fourth-order valence-corrected chi connectivity index (χ4v) is 3.19. The Kier molecular flexibility index (Phi) is 4.06. The maximum atomic E-state index is 12.8. The normalized spacial score (nSPS) is 10.8. The number of benzene rings is 2. The van der Waals surface area contributed by atoms with Gasteiger partial charge in [0.2, 0.25) is 5.13 Å². The molecule has 0 bridgehead atoms. The molecule has 26 heavy (non-hydrogen) atoms. The number of rotatable bonds is 3. The van der Waals surface area contributed by atoms with Crippen molar-refractivity contribution < 1.29 is 9.21 Å². The number of aromatic nitrogens is 2. The quantitative estimate of drug-likeness (QED) is 0.597. The molecule has 0 aliphatic rings. The van der Waals surface area contributed by atoms with Crippen molar-refractivity contribution in [3.05, 3.63) is 75.4 Å². The van der Waals surface area contributed by atoms with Gasteiger partial charge in [0, 0.05) is 11.1 Å². The average molecular weight is 363 g/mol. The van der Waals surface area contributed by atoms with Gasteiger partial charge in [-0.25, -0.2) is 0 Å². The van der Waals surface area contributed by atoms with Crippen LogP contribution in [0.3, 0.4) is 0 Å². The molecule has 128 valence electrons. The summed E-state index contributed by atoms with van der Waals surface area (Å²) in [6.07, 6.45) is 0. The van der Waals surface area contributed by atoms with Gasteiger partial charge in [-0.3, -0.25) is 14.9 Å². The summed E-state index contributed by atoms with van der Waals surface area (Å²) in [6.45, 7) is 1.72. The molecular formula is C19H13N3O3S. The maximum absolute atomic E-state index is 12.8. The van der Waals surface area contributed by atoms with Crippen molar-refractivity contribution in [3.8, 4) is 11.3 Å². The van der Waals surface area contributed by atoms with Crippen molar-refractivity contribution in [3.63, 3.8) is 0 Å². The number of nitrogens with zero attached hydrogens (tertiary/aromatic N) is 2. The molecule has 2 aromatic carbocycles. The topological polar surface area (TPSA) is 85.1 Å². The molecule has 4 aromatic rings. The van der Waals surface area contributed by atoms with E-state index in [2.05, 4.69) is 15.5 Å². The smallest absolute Gasteiger partial charge is 0.261 e. The molecular weight excluding hydrogens is 350 g/mol. The summed E-state index contributed by atoms with van der Waals surface area (Å²) in [7, 11) is 0. The number of hydrogen-bond donors (Lipinski definition) is 1. The Morgan fingerprint density at radius 1 is 1.12 bits per heavy atom. The zero-order valence-corrected chi connectivity index (χ0v) is 14.5. The highest BCUT2D eigenvalue weighted by molar-refractivity contribution is 7.13. The number of fused-ring (bicyclic) bond motifs is 1. The fraction of sp³-hybridized carbons (Fsp3) is 0.0526. The van der Waals surface area contributed by atoms with Crippen LogP contribution in [-0.4, -0.2) is 16.1 Å². The van der Waals surface area contributed by atoms with Crippen LogP contribution < -0.4 is 10.7 Å². The molecule has 0 fully saturated rings. The van der Waals surface area contributed by atoms with E-state index >= 15 is 0 Å². The van der Waals surface area contributed by atoms with Gasteiger partial charge in [0.15, 0.2) is 11.0 Å². The van der Waals surface area contributed by atoms with Gasteiger partial charge in [0.25, 0.3) is 5.91 Å². The molecule has 0 radical (unpaired) electrons. The van der Waals surface area contributed by atoms with Gasteiger partial charge in [0.05, 0.1) is 10.9 Å². The Morgan fingerprint density at radius 2 is 1.92 bits per heavy atom. The number of hydrogen-bond acceptors (Lipinski definition) is 6. The molecule has 1 N–H and O–H groups in total. The monoisotopic (exact) mass is 363 g/mol. The van der Waals surface area contributed by atoms with Gasteiger partial charge in [-0.1, -0.05) is 47.7 Å². The first-order chi connectivity index (χ1) is 12.6. The summed E-state index contributed by atoms with van der Waals surface area (Å²) in [5, 5.41) is 10.9. The van der Waals surface area contributed by atoms with Crippen LogP contribution in [0.25, 0.3) is 22.3 Å². The summed E-state index contributed by atoms with van der Waals surface area (Å²) in [5.74, 6) is 0.0534. The van der Waals surface area contributed by atoms with Crippen molar-refractivity contribution in [2.24, 2.45) is 0 Å². The molecule has 0 spiro atoms. The summed E-state index contributed by atoms with van der Waals surface area (Å²) in [5.41, 5.74) is 3.18. The molecule has 2 heterocycles. The van der Waals surface area contributed by atoms with Crippen LogP contribution in [-0.2, 0) is 0 Å². The number of amides is 1. The largest absolute Gasteiger partial charge is 0.455 e. The first-order valence-corrected chi connectivity index (χ1v) is 8.72. The van der Waals surface area contributed by atoms with Crippen molar-refractivity contribution in [1.82, 2.24) is 10.2 Å². The molecule has 0 aliphatic carbocycles. The van der Waals surface area contributed by atoms with Crippen molar-refractivity contribution in [1.29, 1.82) is 0 Å². The van der Waals surface area contributed by atoms with Crippen molar-refractivity contribution in [2.75, 3.05) is 5.32 Å². The van der Waals surface area contributed by atoms with E-state index in [-0.39, 0.29) is 16.6 Å². The van der Waals surface area contributed by atoms with Crippen molar-refractivity contribution in [2.45, 2.75) is 6.92 Å². The van der Waals surface area contributed by atoms with Gasteiger partial charge in [0.1, 0.15) is 11.3 Å². The molecule has 0 aliphatic heterocycles. The SMILES string of the molecule is Cc1c(-c2ccccc2)oc2c(C(=O)Nc3nncs3)cccc2c1=O.